The molecule has 0 fully saturated rings. The largest absolute Gasteiger partial charge is 0.325 e. The van der Waals surface area contributed by atoms with E-state index in [1.165, 1.54) is 30.5 Å². The maximum absolute atomic E-state index is 11.7. The van der Waals surface area contributed by atoms with Crippen molar-refractivity contribution in [3.05, 3.63) is 72.0 Å². The van der Waals surface area contributed by atoms with Gasteiger partial charge in [-0.3, -0.25) is 24.7 Å². The average Bonchev–Trinajstić information content (AvgIpc) is 2.54. The van der Waals surface area contributed by atoms with Crippen molar-refractivity contribution in [2.24, 2.45) is 5.10 Å². The van der Waals surface area contributed by atoms with Crippen LogP contribution in [-0.2, 0) is 11.2 Å². The number of non-ortho nitro benzene ring substituents is 1. The molecular formula is C15H15N5O5. The van der Waals surface area contributed by atoms with E-state index in [4.69, 9.17) is 0 Å². The fourth-order valence-electron chi connectivity index (χ4n) is 2.08. The molecule has 1 aromatic carbocycles. The molecule has 0 aliphatic heterocycles. The van der Waals surface area contributed by atoms with Crippen molar-refractivity contribution in [2.45, 2.75) is 19.8 Å². The van der Waals surface area contributed by atoms with Gasteiger partial charge in [-0.2, -0.15) is 5.10 Å². The highest BCUT2D eigenvalue weighted by molar-refractivity contribution is 5.82. The van der Waals surface area contributed by atoms with E-state index in [0.29, 0.717) is 16.8 Å². The van der Waals surface area contributed by atoms with Gasteiger partial charge in [0.25, 0.3) is 11.2 Å². The number of carbonyl (C=O) groups is 1. The van der Waals surface area contributed by atoms with E-state index < -0.39 is 22.1 Å². The Labute approximate surface area is 140 Å². The number of benzene rings is 1. The lowest BCUT2D eigenvalue weighted by molar-refractivity contribution is -0.384. The first-order valence-electron chi connectivity index (χ1n) is 7.25. The second kappa shape index (κ2) is 7.81. The van der Waals surface area contributed by atoms with Crippen LogP contribution in [0.2, 0.25) is 0 Å². The Kier molecular flexibility index (Phi) is 5.56. The molecule has 2 aromatic rings. The predicted molar refractivity (Wildman–Crippen MR) is 89.6 cm³/mol. The molecular weight excluding hydrogens is 330 g/mol. The van der Waals surface area contributed by atoms with E-state index in [1.807, 2.05) is 0 Å². The number of hydrogen-bond acceptors (Lipinski definition) is 6. The van der Waals surface area contributed by atoms with Crippen LogP contribution < -0.4 is 16.7 Å². The molecule has 10 nitrogen and oxygen atoms in total. The minimum Gasteiger partial charge on any atom is -0.311 e. The van der Waals surface area contributed by atoms with E-state index in [2.05, 4.69) is 20.5 Å². The standard InChI is InChI=1S/C15H15N5O5/c1-9-12(14(22)18-15(23)17-9)6-7-13(21)19-16-8-10-2-4-11(5-3-10)20(24)25/h2-5,8H,6-7H2,1H3,(H,19,21)(H2,17,18,22,23)/b16-8+. The number of hydrogen-bond donors (Lipinski definition) is 3. The molecule has 0 saturated heterocycles. The summed E-state index contributed by atoms with van der Waals surface area (Å²) in [6.45, 7) is 1.58. The normalized spacial score (nSPS) is 10.8. The van der Waals surface area contributed by atoms with Gasteiger partial charge in [-0.1, -0.05) is 0 Å². The monoisotopic (exact) mass is 345 g/mol. The van der Waals surface area contributed by atoms with Gasteiger partial charge in [0.2, 0.25) is 5.91 Å². The molecule has 0 aliphatic carbocycles. The van der Waals surface area contributed by atoms with Crippen LogP contribution in [0.5, 0.6) is 0 Å². The summed E-state index contributed by atoms with van der Waals surface area (Å²) in [5, 5.41) is 14.3. The molecule has 0 aliphatic rings. The number of nitrogens with zero attached hydrogens (tertiary/aromatic N) is 2. The van der Waals surface area contributed by atoms with Crippen molar-refractivity contribution >= 4 is 17.8 Å². The van der Waals surface area contributed by atoms with Crippen molar-refractivity contribution < 1.29 is 9.72 Å². The van der Waals surface area contributed by atoms with E-state index in [0.717, 1.165) is 0 Å². The fourth-order valence-corrected chi connectivity index (χ4v) is 2.08. The van der Waals surface area contributed by atoms with Gasteiger partial charge in [0, 0.05) is 29.8 Å². The molecule has 0 spiro atoms. The third kappa shape index (κ3) is 4.96. The lowest BCUT2D eigenvalue weighted by atomic mass is 10.1. The smallest absolute Gasteiger partial charge is 0.311 e. The Morgan fingerprint density at radius 1 is 1.28 bits per heavy atom. The van der Waals surface area contributed by atoms with Crippen molar-refractivity contribution in [1.82, 2.24) is 15.4 Å². The quantitative estimate of drug-likeness (QED) is 0.392. The maximum Gasteiger partial charge on any atom is 0.325 e. The molecule has 0 saturated carbocycles. The van der Waals surface area contributed by atoms with Crippen LogP contribution >= 0.6 is 0 Å². The van der Waals surface area contributed by atoms with Crippen molar-refractivity contribution in [1.29, 1.82) is 0 Å². The number of nitro groups is 1. The molecule has 0 bridgehead atoms. The zero-order valence-electron chi connectivity index (χ0n) is 13.2. The lowest BCUT2D eigenvalue weighted by Crippen LogP contribution is -2.28. The van der Waals surface area contributed by atoms with E-state index in [1.54, 1.807) is 6.92 Å². The summed E-state index contributed by atoms with van der Waals surface area (Å²) in [4.78, 5) is 49.1. The number of nitrogens with one attached hydrogen (secondary N) is 3. The molecule has 10 heteroatoms. The highest BCUT2D eigenvalue weighted by Crippen LogP contribution is 2.10. The zero-order valence-corrected chi connectivity index (χ0v) is 13.2. The summed E-state index contributed by atoms with van der Waals surface area (Å²) >= 11 is 0. The van der Waals surface area contributed by atoms with Gasteiger partial charge in [-0.25, -0.2) is 10.2 Å². The Morgan fingerprint density at radius 2 is 1.96 bits per heavy atom. The summed E-state index contributed by atoms with van der Waals surface area (Å²) in [7, 11) is 0. The Morgan fingerprint density at radius 3 is 2.56 bits per heavy atom. The second-order valence-corrected chi connectivity index (χ2v) is 5.15. The molecule has 3 N–H and O–H groups in total. The second-order valence-electron chi connectivity index (χ2n) is 5.15. The minimum absolute atomic E-state index is 0.00751. The van der Waals surface area contributed by atoms with E-state index >= 15 is 0 Å². The van der Waals surface area contributed by atoms with E-state index in [-0.39, 0.29) is 18.5 Å². The number of nitro benzene ring substituents is 1. The number of aromatic amines is 2. The van der Waals surface area contributed by atoms with Crippen LogP contribution in [0.25, 0.3) is 0 Å². The molecule has 1 heterocycles. The van der Waals surface area contributed by atoms with Gasteiger partial charge in [-0.05, 0) is 31.0 Å². The molecule has 0 atom stereocenters. The van der Waals surface area contributed by atoms with Crippen LogP contribution in [0.1, 0.15) is 23.2 Å². The number of rotatable bonds is 6. The minimum atomic E-state index is -0.594. The van der Waals surface area contributed by atoms with Gasteiger partial charge in [-0.15, -0.1) is 0 Å². The topological polar surface area (TPSA) is 150 Å². The number of hydrazone groups is 1. The van der Waals surface area contributed by atoms with Crippen LogP contribution in [0.15, 0.2) is 39.0 Å². The van der Waals surface area contributed by atoms with Crippen molar-refractivity contribution in [2.75, 3.05) is 0 Å². The van der Waals surface area contributed by atoms with Crippen LogP contribution in [0.3, 0.4) is 0 Å². The van der Waals surface area contributed by atoms with Gasteiger partial charge >= 0.3 is 5.69 Å². The number of carbonyl (C=O) groups excluding carboxylic acids is 1. The summed E-state index contributed by atoms with van der Waals surface area (Å²) in [5.41, 5.74) is 2.47. The third-order valence-electron chi connectivity index (χ3n) is 3.36. The zero-order chi connectivity index (χ0) is 18.4. The number of aryl methyl sites for hydroxylation is 1. The highest BCUT2D eigenvalue weighted by atomic mass is 16.6. The molecule has 25 heavy (non-hydrogen) atoms. The molecule has 0 radical (unpaired) electrons. The number of amides is 1. The van der Waals surface area contributed by atoms with Crippen LogP contribution in [0.4, 0.5) is 5.69 Å². The van der Waals surface area contributed by atoms with Crippen molar-refractivity contribution in [3.63, 3.8) is 0 Å². The number of H-pyrrole nitrogens is 2. The van der Waals surface area contributed by atoms with Gasteiger partial charge in [0.15, 0.2) is 0 Å². The first-order chi connectivity index (χ1) is 11.9. The van der Waals surface area contributed by atoms with Gasteiger partial charge in [0.05, 0.1) is 11.1 Å². The predicted octanol–water partition coefficient (Wildman–Crippen LogP) is 0.363. The van der Waals surface area contributed by atoms with Gasteiger partial charge < -0.3 is 4.98 Å². The maximum atomic E-state index is 11.7. The third-order valence-corrected chi connectivity index (χ3v) is 3.36. The van der Waals surface area contributed by atoms with Crippen molar-refractivity contribution in [3.8, 4) is 0 Å². The summed E-state index contributed by atoms with van der Waals surface area (Å²) in [6.07, 6.45) is 1.50. The Balaban J connectivity index is 1.89. The molecule has 2 rings (SSSR count). The summed E-state index contributed by atoms with van der Waals surface area (Å²) in [6, 6.07) is 5.65. The molecule has 1 amide bonds. The molecule has 1 aromatic heterocycles. The Hall–Kier alpha value is -3.56. The average molecular weight is 345 g/mol. The first-order valence-corrected chi connectivity index (χ1v) is 7.25. The molecule has 0 unspecified atom stereocenters. The summed E-state index contributed by atoms with van der Waals surface area (Å²) in [5.74, 6) is -0.414. The highest BCUT2D eigenvalue weighted by Gasteiger charge is 2.08. The van der Waals surface area contributed by atoms with Crippen LogP contribution in [-0.4, -0.2) is 27.0 Å². The fraction of sp³-hybridized carbons (Fsp3) is 0.200. The molecule has 130 valence electrons. The lowest BCUT2D eigenvalue weighted by Gasteiger charge is -2.03. The summed E-state index contributed by atoms with van der Waals surface area (Å²) < 4.78 is 0. The van der Waals surface area contributed by atoms with Gasteiger partial charge in [0.1, 0.15) is 0 Å². The number of aromatic nitrogens is 2. The van der Waals surface area contributed by atoms with Crippen LogP contribution in [0, 0.1) is 17.0 Å². The Bertz CT molecular complexity index is 927. The SMILES string of the molecule is Cc1[nH]c(=O)[nH]c(=O)c1CCC(=O)N/N=C/c1ccc([N+](=O)[O-])cc1. The van der Waals surface area contributed by atoms with E-state index in [9.17, 15) is 24.5 Å². The first kappa shape index (κ1) is 17.8.